The van der Waals surface area contributed by atoms with Crippen LogP contribution in [0.1, 0.15) is 71.4 Å². The molecule has 0 spiro atoms. The normalized spacial score (nSPS) is 13.1. The van der Waals surface area contributed by atoms with E-state index in [0.717, 1.165) is 24.8 Å². The number of halogens is 1. The Bertz CT molecular complexity index is 747. The molecule has 1 aromatic rings. The number of benzene rings is 1. The fourth-order valence-electron chi connectivity index (χ4n) is 3.73. The van der Waals surface area contributed by atoms with Gasteiger partial charge in [-0.2, -0.15) is 0 Å². The number of nitrogens with zero attached hydrogens (tertiary/aromatic N) is 1. The Morgan fingerprint density at radius 2 is 1.88 bits per heavy atom. The highest BCUT2D eigenvalue weighted by Gasteiger charge is 2.42. The van der Waals surface area contributed by atoms with Crippen molar-refractivity contribution >= 4 is 24.3 Å². The number of allylic oxidation sites excluding steroid dienone is 2. The summed E-state index contributed by atoms with van der Waals surface area (Å²) in [5, 5.41) is 12.9. The standard InChI is InChI=1S/C25H40N2O4.ClH/c1-7-27(8-2)25(5,24(29)30)21-16-15-20(17-22(21)31-6)18-26-23(28)14-12-10-9-11-13-19(3)4;/h11,13,15-17,19H,7-10,12,14,18H2,1-6H3,(H,26,28)(H,29,30);1H/b13-11+;/t25-;/m1./s1. The highest BCUT2D eigenvalue weighted by Crippen LogP contribution is 2.36. The zero-order chi connectivity index (χ0) is 23.4. The Morgan fingerprint density at radius 1 is 1.22 bits per heavy atom. The van der Waals surface area contributed by atoms with Crippen LogP contribution in [0.25, 0.3) is 0 Å². The number of carboxylic acid groups (broad SMARTS) is 1. The predicted molar refractivity (Wildman–Crippen MR) is 132 cm³/mol. The Morgan fingerprint density at radius 3 is 2.41 bits per heavy atom. The van der Waals surface area contributed by atoms with Gasteiger partial charge in [-0.05, 0) is 56.8 Å². The van der Waals surface area contributed by atoms with E-state index in [-0.39, 0.29) is 18.3 Å². The van der Waals surface area contributed by atoms with Crippen LogP contribution in [0.3, 0.4) is 0 Å². The molecular weight excluding hydrogens is 428 g/mol. The molecule has 6 nitrogen and oxygen atoms in total. The van der Waals surface area contributed by atoms with E-state index in [2.05, 4.69) is 31.3 Å². The van der Waals surface area contributed by atoms with Gasteiger partial charge in [0.1, 0.15) is 11.3 Å². The third kappa shape index (κ3) is 8.47. The SMILES string of the molecule is CCN(CC)[C@@](C)(C(=O)O)c1ccc(CNC(=O)CCCC/C=C/C(C)C)cc1OC.Cl. The molecule has 0 bridgehead atoms. The lowest BCUT2D eigenvalue weighted by atomic mass is 9.88. The van der Waals surface area contributed by atoms with Crippen LogP contribution in [0, 0.1) is 5.92 Å². The number of carbonyl (C=O) groups excluding carboxylic acids is 1. The van der Waals surface area contributed by atoms with Gasteiger partial charge in [0.05, 0.1) is 7.11 Å². The van der Waals surface area contributed by atoms with E-state index in [1.54, 1.807) is 20.1 Å². The van der Waals surface area contributed by atoms with Crippen molar-refractivity contribution in [1.82, 2.24) is 10.2 Å². The van der Waals surface area contributed by atoms with Crippen molar-refractivity contribution in [2.24, 2.45) is 5.92 Å². The third-order valence-corrected chi connectivity index (χ3v) is 5.64. The first kappa shape index (κ1) is 29.9. The van der Waals surface area contributed by atoms with Crippen LogP contribution in [0.4, 0.5) is 0 Å². The second-order valence-corrected chi connectivity index (χ2v) is 8.28. The molecule has 0 saturated carbocycles. The highest BCUT2D eigenvalue weighted by atomic mass is 35.5. The van der Waals surface area contributed by atoms with Gasteiger partial charge in [-0.15, -0.1) is 12.4 Å². The Labute approximate surface area is 199 Å². The molecule has 0 aliphatic carbocycles. The number of ether oxygens (including phenoxy) is 1. The molecule has 7 heteroatoms. The van der Waals surface area contributed by atoms with Crippen molar-refractivity contribution in [3.63, 3.8) is 0 Å². The molecule has 0 unspecified atom stereocenters. The zero-order valence-electron chi connectivity index (χ0n) is 20.4. The maximum Gasteiger partial charge on any atom is 0.328 e. The molecule has 1 aromatic carbocycles. The molecule has 0 aromatic heterocycles. The minimum absolute atomic E-state index is 0. The summed E-state index contributed by atoms with van der Waals surface area (Å²) in [5.74, 6) is 0.181. The lowest BCUT2D eigenvalue weighted by Crippen LogP contribution is -2.49. The van der Waals surface area contributed by atoms with Gasteiger partial charge in [0.2, 0.25) is 5.91 Å². The van der Waals surface area contributed by atoms with Gasteiger partial charge >= 0.3 is 5.97 Å². The summed E-state index contributed by atoms with van der Waals surface area (Å²) in [6.45, 7) is 11.5. The lowest BCUT2D eigenvalue weighted by molar-refractivity contribution is -0.151. The van der Waals surface area contributed by atoms with E-state index in [9.17, 15) is 14.7 Å². The summed E-state index contributed by atoms with van der Waals surface area (Å²) in [4.78, 5) is 26.2. The van der Waals surface area contributed by atoms with Crippen molar-refractivity contribution < 1.29 is 19.4 Å². The van der Waals surface area contributed by atoms with Gasteiger partial charge in [-0.3, -0.25) is 9.69 Å². The van der Waals surface area contributed by atoms with Crippen molar-refractivity contribution in [2.45, 2.75) is 72.4 Å². The number of carboxylic acids is 1. The first-order valence-electron chi connectivity index (χ1n) is 11.3. The number of rotatable bonds is 14. The molecule has 1 atom stereocenters. The zero-order valence-corrected chi connectivity index (χ0v) is 21.3. The number of nitrogens with one attached hydrogen (secondary N) is 1. The number of carbonyl (C=O) groups is 2. The number of likely N-dealkylation sites (N-methyl/N-ethyl adjacent to an activating group) is 1. The first-order chi connectivity index (χ1) is 14.7. The highest BCUT2D eigenvalue weighted by molar-refractivity contribution is 5.85. The number of methoxy groups -OCH3 is 1. The minimum atomic E-state index is -1.19. The van der Waals surface area contributed by atoms with E-state index < -0.39 is 11.5 Å². The number of hydrogen-bond acceptors (Lipinski definition) is 4. The predicted octanol–water partition coefficient (Wildman–Crippen LogP) is 5.15. The maximum atomic E-state index is 12.2. The molecule has 0 fully saturated rings. The van der Waals surface area contributed by atoms with Crippen molar-refractivity contribution in [3.05, 3.63) is 41.5 Å². The van der Waals surface area contributed by atoms with Gasteiger partial charge in [-0.25, -0.2) is 4.79 Å². The summed E-state index contributed by atoms with van der Waals surface area (Å²) in [5.41, 5.74) is 0.289. The fourth-order valence-corrected chi connectivity index (χ4v) is 3.73. The molecule has 1 amide bonds. The van der Waals surface area contributed by atoms with Gasteiger partial charge in [-0.1, -0.05) is 52.0 Å². The van der Waals surface area contributed by atoms with E-state index in [1.165, 1.54) is 0 Å². The number of aliphatic carboxylic acids is 1. The summed E-state index contributed by atoms with van der Waals surface area (Å²) in [6, 6.07) is 5.48. The molecule has 0 saturated heterocycles. The molecule has 0 aliphatic rings. The topological polar surface area (TPSA) is 78.9 Å². The van der Waals surface area contributed by atoms with Crippen LogP contribution < -0.4 is 10.1 Å². The molecule has 182 valence electrons. The third-order valence-electron chi connectivity index (χ3n) is 5.64. The largest absolute Gasteiger partial charge is 0.496 e. The van der Waals surface area contributed by atoms with E-state index in [0.29, 0.717) is 43.3 Å². The van der Waals surface area contributed by atoms with Gasteiger partial charge in [0.15, 0.2) is 0 Å². The van der Waals surface area contributed by atoms with E-state index in [1.807, 2.05) is 30.9 Å². The lowest BCUT2D eigenvalue weighted by Gasteiger charge is -2.37. The van der Waals surface area contributed by atoms with E-state index >= 15 is 0 Å². The monoisotopic (exact) mass is 468 g/mol. The summed E-state index contributed by atoms with van der Waals surface area (Å²) in [7, 11) is 1.54. The molecule has 0 heterocycles. The molecular formula is C25H41ClN2O4. The Kier molecular flexibility index (Phi) is 14.0. The molecule has 1 rings (SSSR count). The van der Waals surface area contributed by atoms with Crippen LogP contribution in [-0.4, -0.2) is 42.1 Å². The average molecular weight is 469 g/mol. The molecule has 2 N–H and O–H groups in total. The second-order valence-electron chi connectivity index (χ2n) is 8.28. The van der Waals surface area contributed by atoms with Crippen molar-refractivity contribution in [2.75, 3.05) is 20.2 Å². The summed E-state index contributed by atoms with van der Waals surface area (Å²) in [6.07, 6.45) is 7.73. The van der Waals surface area contributed by atoms with Crippen molar-refractivity contribution in [1.29, 1.82) is 0 Å². The van der Waals surface area contributed by atoms with E-state index in [4.69, 9.17) is 4.74 Å². The number of unbranched alkanes of at least 4 members (excludes halogenated alkanes) is 2. The summed E-state index contributed by atoms with van der Waals surface area (Å²) >= 11 is 0. The van der Waals surface area contributed by atoms with Crippen molar-refractivity contribution in [3.8, 4) is 5.75 Å². The van der Waals surface area contributed by atoms with Crippen LogP contribution in [0.2, 0.25) is 0 Å². The maximum absolute atomic E-state index is 12.2. The number of amides is 1. The molecule has 0 aliphatic heterocycles. The van der Waals surface area contributed by atoms with Gasteiger partial charge in [0, 0.05) is 18.5 Å². The Balaban J connectivity index is 0.00000961. The Hall–Kier alpha value is -2.05. The minimum Gasteiger partial charge on any atom is -0.496 e. The smallest absolute Gasteiger partial charge is 0.328 e. The van der Waals surface area contributed by atoms with Crippen LogP contribution in [0.5, 0.6) is 5.75 Å². The van der Waals surface area contributed by atoms with Crippen LogP contribution >= 0.6 is 12.4 Å². The fraction of sp³-hybridized carbons (Fsp3) is 0.600. The van der Waals surface area contributed by atoms with Gasteiger partial charge in [0.25, 0.3) is 0 Å². The van der Waals surface area contributed by atoms with Crippen LogP contribution in [-0.2, 0) is 21.7 Å². The molecule has 0 radical (unpaired) electrons. The molecule has 32 heavy (non-hydrogen) atoms. The van der Waals surface area contributed by atoms with Crippen LogP contribution in [0.15, 0.2) is 30.4 Å². The summed E-state index contributed by atoms with van der Waals surface area (Å²) < 4.78 is 5.54. The second kappa shape index (κ2) is 14.9. The quantitative estimate of drug-likeness (QED) is 0.291. The average Bonchev–Trinajstić information content (AvgIpc) is 2.74. The first-order valence-corrected chi connectivity index (χ1v) is 11.3. The van der Waals surface area contributed by atoms with Gasteiger partial charge < -0.3 is 15.2 Å². The number of hydrogen-bond donors (Lipinski definition) is 2.